The van der Waals surface area contributed by atoms with E-state index in [9.17, 15) is 4.79 Å². The van der Waals surface area contributed by atoms with E-state index in [-0.39, 0.29) is 12.4 Å². The number of hydrazone groups is 1. The molecule has 4 rings (SSSR count). The van der Waals surface area contributed by atoms with Gasteiger partial charge in [-0.05, 0) is 17.7 Å². The van der Waals surface area contributed by atoms with E-state index in [0.717, 1.165) is 32.1 Å². The molecular formula is C22H18ClN3O2S. The average Bonchev–Trinajstić information content (AvgIpc) is 3.17. The van der Waals surface area contributed by atoms with Gasteiger partial charge in [0.05, 0.1) is 30.0 Å². The van der Waals surface area contributed by atoms with Crippen LogP contribution < -0.4 is 5.43 Å². The Morgan fingerprint density at radius 2 is 1.76 bits per heavy atom. The van der Waals surface area contributed by atoms with Crippen molar-refractivity contribution < 1.29 is 9.53 Å². The van der Waals surface area contributed by atoms with E-state index in [0.29, 0.717) is 17.4 Å². The maximum Gasteiger partial charge on any atom is 0.311 e. The van der Waals surface area contributed by atoms with Gasteiger partial charge in [-0.25, -0.2) is 4.98 Å². The quantitative estimate of drug-likeness (QED) is 0.188. The molecule has 0 saturated carbocycles. The number of carbonyl (C=O) groups excluding carboxylic acids is 1. The molecule has 3 aromatic carbocycles. The van der Waals surface area contributed by atoms with Crippen molar-refractivity contribution in [2.45, 2.75) is 13.3 Å². The third kappa shape index (κ3) is 4.09. The van der Waals surface area contributed by atoms with Crippen LogP contribution in [0.25, 0.3) is 21.5 Å². The predicted molar refractivity (Wildman–Crippen MR) is 120 cm³/mol. The molecule has 29 heavy (non-hydrogen) atoms. The molecule has 0 atom stereocenters. The fraction of sp³-hybridized carbons (Fsp3) is 0.136. The monoisotopic (exact) mass is 423 g/mol. The van der Waals surface area contributed by atoms with Crippen molar-refractivity contribution >= 4 is 61.8 Å². The summed E-state index contributed by atoms with van der Waals surface area (Å²) in [6.07, 6.45) is 1.94. The van der Waals surface area contributed by atoms with Gasteiger partial charge < -0.3 is 4.74 Å². The summed E-state index contributed by atoms with van der Waals surface area (Å²) in [4.78, 5) is 16.0. The summed E-state index contributed by atoms with van der Waals surface area (Å²) < 4.78 is 4.95. The van der Waals surface area contributed by atoms with Crippen LogP contribution in [0.15, 0.2) is 59.0 Å². The minimum atomic E-state index is -0.285. The lowest BCUT2D eigenvalue weighted by Crippen LogP contribution is -2.07. The third-order valence-corrected chi connectivity index (χ3v) is 5.65. The van der Waals surface area contributed by atoms with E-state index < -0.39 is 0 Å². The number of nitrogens with zero attached hydrogens (tertiary/aromatic N) is 2. The lowest BCUT2D eigenvalue weighted by Gasteiger charge is -2.10. The molecule has 1 aromatic heterocycles. The Morgan fingerprint density at radius 3 is 2.38 bits per heavy atom. The molecule has 0 amide bonds. The van der Waals surface area contributed by atoms with Gasteiger partial charge in [0.2, 0.25) is 5.13 Å². The fourth-order valence-electron chi connectivity index (χ4n) is 3.20. The van der Waals surface area contributed by atoms with Crippen LogP contribution >= 0.6 is 22.9 Å². The molecule has 5 nitrogen and oxygen atoms in total. The van der Waals surface area contributed by atoms with Crippen molar-refractivity contribution in [2.75, 3.05) is 12.0 Å². The Labute approximate surface area is 177 Å². The number of anilines is 1. The number of fused-ring (bicyclic) bond motifs is 2. The van der Waals surface area contributed by atoms with Gasteiger partial charge in [-0.1, -0.05) is 60.1 Å². The SMILES string of the molecule is CCOC(=O)Cc1csc(NN=Cc2c3ccccc3c(Cl)c3ccccc23)n1. The van der Waals surface area contributed by atoms with Gasteiger partial charge in [0, 0.05) is 21.7 Å². The van der Waals surface area contributed by atoms with Crippen molar-refractivity contribution in [3.05, 3.63) is 70.2 Å². The van der Waals surface area contributed by atoms with E-state index in [1.807, 2.05) is 53.9 Å². The molecule has 0 aliphatic heterocycles. The fourth-order valence-corrected chi connectivity index (χ4v) is 4.19. The van der Waals surface area contributed by atoms with Gasteiger partial charge in [-0.3, -0.25) is 10.2 Å². The van der Waals surface area contributed by atoms with Crippen molar-refractivity contribution in [2.24, 2.45) is 5.10 Å². The molecule has 0 fully saturated rings. The zero-order valence-electron chi connectivity index (χ0n) is 15.7. The Hall–Kier alpha value is -2.96. The van der Waals surface area contributed by atoms with Crippen LogP contribution in [0.4, 0.5) is 5.13 Å². The highest BCUT2D eigenvalue weighted by molar-refractivity contribution is 7.13. The summed E-state index contributed by atoms with van der Waals surface area (Å²) in [5.41, 5.74) is 4.60. The summed E-state index contributed by atoms with van der Waals surface area (Å²) in [6, 6.07) is 16.0. The number of esters is 1. The van der Waals surface area contributed by atoms with Crippen molar-refractivity contribution in [1.82, 2.24) is 4.98 Å². The van der Waals surface area contributed by atoms with Crippen molar-refractivity contribution in [3.8, 4) is 0 Å². The zero-order valence-corrected chi connectivity index (χ0v) is 17.3. The summed E-state index contributed by atoms with van der Waals surface area (Å²) >= 11 is 8.03. The number of benzene rings is 3. The Bertz CT molecular complexity index is 1160. The first kappa shape index (κ1) is 19.4. The first-order chi connectivity index (χ1) is 14.2. The van der Waals surface area contributed by atoms with Gasteiger partial charge in [0.25, 0.3) is 0 Å². The van der Waals surface area contributed by atoms with Gasteiger partial charge in [-0.15, -0.1) is 11.3 Å². The van der Waals surface area contributed by atoms with Gasteiger partial charge in [-0.2, -0.15) is 5.10 Å². The minimum Gasteiger partial charge on any atom is -0.466 e. The Kier molecular flexibility index (Phi) is 5.74. The van der Waals surface area contributed by atoms with Crippen LogP contribution in [0.2, 0.25) is 5.02 Å². The third-order valence-electron chi connectivity index (χ3n) is 4.44. The number of hydrogen-bond donors (Lipinski definition) is 1. The predicted octanol–water partition coefficient (Wildman–Crippen LogP) is 5.65. The van der Waals surface area contributed by atoms with Crippen LogP contribution in [0.5, 0.6) is 0 Å². The van der Waals surface area contributed by atoms with E-state index in [2.05, 4.69) is 15.5 Å². The molecule has 1 heterocycles. The molecule has 0 spiro atoms. The van der Waals surface area contributed by atoms with Crippen LogP contribution in [0.1, 0.15) is 18.2 Å². The number of carbonyl (C=O) groups is 1. The molecule has 0 unspecified atom stereocenters. The number of ether oxygens (including phenoxy) is 1. The standard InChI is InChI=1S/C22H18ClN3O2S/c1-2-28-20(27)11-14-13-29-22(25-14)26-24-12-19-15-7-3-5-9-17(15)21(23)18-10-6-4-8-16(18)19/h3-10,12-13H,2,11H2,1H3,(H,25,26). The molecule has 0 aliphatic rings. The largest absolute Gasteiger partial charge is 0.466 e. The molecule has 0 bridgehead atoms. The highest BCUT2D eigenvalue weighted by Crippen LogP contribution is 2.35. The molecule has 7 heteroatoms. The number of nitrogens with one attached hydrogen (secondary N) is 1. The molecule has 0 radical (unpaired) electrons. The lowest BCUT2D eigenvalue weighted by atomic mass is 9.97. The van der Waals surface area contributed by atoms with E-state index in [4.69, 9.17) is 16.3 Å². The highest BCUT2D eigenvalue weighted by atomic mass is 35.5. The van der Waals surface area contributed by atoms with Crippen LogP contribution in [0.3, 0.4) is 0 Å². The van der Waals surface area contributed by atoms with E-state index in [1.165, 1.54) is 11.3 Å². The maximum atomic E-state index is 11.6. The van der Waals surface area contributed by atoms with Crippen molar-refractivity contribution in [1.29, 1.82) is 0 Å². The van der Waals surface area contributed by atoms with Gasteiger partial charge in [0.1, 0.15) is 0 Å². The second-order valence-corrected chi connectivity index (χ2v) is 7.55. The smallest absolute Gasteiger partial charge is 0.311 e. The van der Waals surface area contributed by atoms with E-state index in [1.54, 1.807) is 13.1 Å². The Morgan fingerprint density at radius 1 is 1.14 bits per heavy atom. The molecule has 0 aliphatic carbocycles. The first-order valence-corrected chi connectivity index (χ1v) is 10.4. The average molecular weight is 424 g/mol. The second-order valence-electron chi connectivity index (χ2n) is 6.31. The first-order valence-electron chi connectivity index (χ1n) is 9.15. The summed E-state index contributed by atoms with van der Waals surface area (Å²) in [5.74, 6) is -0.285. The van der Waals surface area contributed by atoms with Crippen LogP contribution in [-0.4, -0.2) is 23.8 Å². The van der Waals surface area contributed by atoms with Crippen molar-refractivity contribution in [3.63, 3.8) is 0 Å². The molecular weight excluding hydrogens is 406 g/mol. The van der Waals surface area contributed by atoms with Crippen LogP contribution in [0, 0.1) is 0 Å². The zero-order chi connectivity index (χ0) is 20.2. The van der Waals surface area contributed by atoms with Gasteiger partial charge >= 0.3 is 5.97 Å². The molecule has 146 valence electrons. The maximum absolute atomic E-state index is 11.6. The topological polar surface area (TPSA) is 63.6 Å². The molecule has 0 saturated heterocycles. The second kappa shape index (κ2) is 8.59. The summed E-state index contributed by atoms with van der Waals surface area (Å²) in [5, 5.41) is 11.6. The summed E-state index contributed by atoms with van der Waals surface area (Å²) in [6.45, 7) is 2.15. The highest BCUT2D eigenvalue weighted by Gasteiger charge is 2.11. The normalized spacial score (nSPS) is 11.4. The number of hydrogen-bond acceptors (Lipinski definition) is 6. The number of halogens is 1. The number of thiazole rings is 1. The summed E-state index contributed by atoms with van der Waals surface area (Å²) in [7, 11) is 0. The Balaban J connectivity index is 1.62. The molecule has 4 aromatic rings. The van der Waals surface area contributed by atoms with E-state index >= 15 is 0 Å². The minimum absolute atomic E-state index is 0.155. The molecule has 1 N–H and O–H groups in total. The van der Waals surface area contributed by atoms with Crippen LogP contribution in [-0.2, 0) is 16.0 Å². The van der Waals surface area contributed by atoms with Gasteiger partial charge in [0.15, 0.2) is 0 Å². The number of aromatic nitrogens is 1. The number of rotatable bonds is 6. The lowest BCUT2D eigenvalue weighted by molar-refractivity contribution is -0.142.